The van der Waals surface area contributed by atoms with Gasteiger partial charge in [-0.15, -0.1) is 0 Å². The van der Waals surface area contributed by atoms with Crippen molar-refractivity contribution in [2.45, 2.75) is 13.5 Å². The van der Waals surface area contributed by atoms with Crippen LogP contribution >= 0.6 is 0 Å². The molecule has 1 heterocycles. The molecule has 74 valence electrons. The molecule has 0 radical (unpaired) electrons. The molecule has 0 atom stereocenters. The van der Waals surface area contributed by atoms with Gasteiger partial charge in [-0.05, 0) is 19.1 Å². The van der Waals surface area contributed by atoms with Crippen LogP contribution in [-0.4, -0.2) is 11.1 Å². The van der Waals surface area contributed by atoms with E-state index < -0.39 is 0 Å². The quantitative estimate of drug-likeness (QED) is 0.775. The number of nitrogens with zero attached hydrogens (tertiary/aromatic N) is 1. The molecule has 1 aromatic carbocycles. The summed E-state index contributed by atoms with van der Waals surface area (Å²) in [7, 11) is 0. The molecule has 0 unspecified atom stereocenters. The van der Waals surface area contributed by atoms with Gasteiger partial charge in [0.15, 0.2) is 0 Å². The maximum atomic E-state index is 13.5. The molecule has 0 saturated heterocycles. The number of nitrogens with two attached hydrogens (primary N) is 1. The molecule has 0 fully saturated rings. The van der Waals surface area contributed by atoms with E-state index in [2.05, 4.69) is 0 Å². The smallest absolute Gasteiger partial charge is 0.147 e. The van der Waals surface area contributed by atoms with Crippen LogP contribution in [-0.2, 0) is 6.54 Å². The van der Waals surface area contributed by atoms with Crippen molar-refractivity contribution in [2.75, 3.05) is 6.54 Å². The number of benzene rings is 1. The van der Waals surface area contributed by atoms with Crippen molar-refractivity contribution in [1.29, 1.82) is 0 Å². The first-order chi connectivity index (χ1) is 6.74. The van der Waals surface area contributed by atoms with Gasteiger partial charge in [-0.25, -0.2) is 4.39 Å². The Morgan fingerprint density at radius 2 is 2.21 bits per heavy atom. The van der Waals surface area contributed by atoms with Crippen LogP contribution < -0.4 is 5.73 Å². The van der Waals surface area contributed by atoms with E-state index in [1.54, 1.807) is 6.07 Å². The van der Waals surface area contributed by atoms with E-state index in [0.29, 0.717) is 18.6 Å². The summed E-state index contributed by atoms with van der Waals surface area (Å²) in [5, 5.41) is 0.941. The van der Waals surface area contributed by atoms with E-state index in [1.807, 2.05) is 23.6 Å². The molecule has 2 nitrogen and oxygen atoms in total. The van der Waals surface area contributed by atoms with Crippen molar-refractivity contribution in [1.82, 2.24) is 4.57 Å². The predicted octanol–water partition coefficient (Wildman–Crippen LogP) is 2.05. The highest BCUT2D eigenvalue weighted by atomic mass is 19.1. The lowest BCUT2D eigenvalue weighted by Crippen LogP contribution is -2.11. The van der Waals surface area contributed by atoms with Crippen LogP contribution in [0.2, 0.25) is 0 Å². The van der Waals surface area contributed by atoms with Crippen LogP contribution in [0.25, 0.3) is 10.9 Å². The largest absolute Gasteiger partial charge is 0.341 e. The summed E-state index contributed by atoms with van der Waals surface area (Å²) in [6.45, 7) is 3.16. The molecule has 0 amide bonds. The zero-order valence-electron chi connectivity index (χ0n) is 8.13. The summed E-state index contributed by atoms with van der Waals surface area (Å²) >= 11 is 0. The normalized spacial score (nSPS) is 11.1. The van der Waals surface area contributed by atoms with Crippen LogP contribution in [0.3, 0.4) is 0 Å². The molecular weight excluding hydrogens is 179 g/mol. The van der Waals surface area contributed by atoms with Crippen molar-refractivity contribution in [3.63, 3.8) is 0 Å². The van der Waals surface area contributed by atoms with Crippen molar-refractivity contribution in [2.24, 2.45) is 5.73 Å². The maximum absolute atomic E-state index is 13.5. The van der Waals surface area contributed by atoms with Gasteiger partial charge in [0.25, 0.3) is 0 Å². The number of rotatable bonds is 2. The molecule has 0 bridgehead atoms. The second-order valence-electron chi connectivity index (χ2n) is 3.40. The molecule has 2 rings (SSSR count). The van der Waals surface area contributed by atoms with E-state index in [0.717, 1.165) is 11.1 Å². The minimum atomic E-state index is -0.177. The molecule has 2 N–H and O–H groups in total. The number of halogens is 1. The van der Waals surface area contributed by atoms with Gasteiger partial charge in [-0.1, -0.05) is 12.1 Å². The summed E-state index contributed by atoms with van der Waals surface area (Å²) in [4.78, 5) is 0. The fraction of sp³-hybridized carbons (Fsp3) is 0.273. The molecule has 0 saturated carbocycles. The predicted molar refractivity (Wildman–Crippen MR) is 55.7 cm³/mol. The van der Waals surface area contributed by atoms with E-state index in [4.69, 9.17) is 5.73 Å². The Morgan fingerprint density at radius 1 is 1.43 bits per heavy atom. The van der Waals surface area contributed by atoms with Gasteiger partial charge < -0.3 is 10.3 Å². The Morgan fingerprint density at radius 3 is 2.93 bits per heavy atom. The van der Waals surface area contributed by atoms with Crippen LogP contribution in [0.4, 0.5) is 4.39 Å². The fourth-order valence-corrected chi connectivity index (χ4v) is 1.83. The summed E-state index contributed by atoms with van der Waals surface area (Å²) in [6, 6.07) is 7.10. The summed E-state index contributed by atoms with van der Waals surface area (Å²) < 4.78 is 15.4. The highest BCUT2D eigenvalue weighted by molar-refractivity contribution is 5.81. The highest BCUT2D eigenvalue weighted by Crippen LogP contribution is 2.21. The Balaban J connectivity index is 2.73. The molecular formula is C11H13FN2. The monoisotopic (exact) mass is 192 g/mol. The third-order valence-electron chi connectivity index (χ3n) is 2.43. The zero-order chi connectivity index (χ0) is 10.1. The van der Waals surface area contributed by atoms with Crippen LogP contribution in [0.15, 0.2) is 24.3 Å². The lowest BCUT2D eigenvalue weighted by atomic mass is 10.2. The SMILES string of the molecule is Cc1cc2cccc(F)c2n1CCN. The van der Waals surface area contributed by atoms with Crippen molar-refractivity contribution in [3.8, 4) is 0 Å². The average Bonchev–Trinajstić information content (AvgIpc) is 2.45. The van der Waals surface area contributed by atoms with Gasteiger partial charge in [0, 0.05) is 24.2 Å². The molecule has 0 aliphatic heterocycles. The Hall–Kier alpha value is -1.35. The lowest BCUT2D eigenvalue weighted by molar-refractivity contribution is 0.619. The van der Waals surface area contributed by atoms with E-state index >= 15 is 0 Å². The summed E-state index contributed by atoms with van der Waals surface area (Å²) in [5.41, 5.74) is 7.20. The van der Waals surface area contributed by atoms with Crippen molar-refractivity contribution >= 4 is 10.9 Å². The Bertz CT molecular complexity index is 460. The minimum Gasteiger partial charge on any atom is -0.341 e. The number of para-hydroxylation sites is 1. The fourth-order valence-electron chi connectivity index (χ4n) is 1.83. The van der Waals surface area contributed by atoms with Crippen molar-refractivity contribution in [3.05, 3.63) is 35.8 Å². The van der Waals surface area contributed by atoms with Gasteiger partial charge >= 0.3 is 0 Å². The molecule has 14 heavy (non-hydrogen) atoms. The van der Waals surface area contributed by atoms with Gasteiger partial charge in [-0.3, -0.25) is 0 Å². The lowest BCUT2D eigenvalue weighted by Gasteiger charge is -2.06. The molecule has 0 aliphatic rings. The highest BCUT2D eigenvalue weighted by Gasteiger charge is 2.08. The van der Waals surface area contributed by atoms with Gasteiger partial charge in [0.1, 0.15) is 5.82 Å². The second kappa shape index (κ2) is 3.42. The van der Waals surface area contributed by atoms with Crippen LogP contribution in [0, 0.1) is 12.7 Å². The molecule has 1 aromatic heterocycles. The first-order valence-corrected chi connectivity index (χ1v) is 4.68. The first kappa shape index (κ1) is 9.21. The van der Waals surface area contributed by atoms with E-state index in [-0.39, 0.29) is 5.82 Å². The molecule has 0 spiro atoms. The third kappa shape index (κ3) is 1.30. The number of hydrogen-bond donors (Lipinski definition) is 1. The molecule has 0 aliphatic carbocycles. The van der Waals surface area contributed by atoms with E-state index in [1.165, 1.54) is 6.07 Å². The van der Waals surface area contributed by atoms with Gasteiger partial charge in [-0.2, -0.15) is 0 Å². The number of hydrogen-bond acceptors (Lipinski definition) is 1. The van der Waals surface area contributed by atoms with Gasteiger partial charge in [0.2, 0.25) is 0 Å². The van der Waals surface area contributed by atoms with Crippen molar-refractivity contribution < 1.29 is 4.39 Å². The topological polar surface area (TPSA) is 30.9 Å². The van der Waals surface area contributed by atoms with Crippen LogP contribution in [0.1, 0.15) is 5.69 Å². The third-order valence-corrected chi connectivity index (χ3v) is 2.43. The number of aromatic nitrogens is 1. The van der Waals surface area contributed by atoms with Gasteiger partial charge in [0.05, 0.1) is 5.52 Å². The first-order valence-electron chi connectivity index (χ1n) is 4.68. The zero-order valence-corrected chi connectivity index (χ0v) is 8.13. The average molecular weight is 192 g/mol. The Labute approximate surface area is 82.1 Å². The summed E-state index contributed by atoms with van der Waals surface area (Å²) in [6.07, 6.45) is 0. The standard InChI is InChI=1S/C11H13FN2/c1-8-7-9-3-2-4-10(12)11(9)14(8)6-5-13/h2-4,7H,5-6,13H2,1H3. The minimum absolute atomic E-state index is 0.177. The maximum Gasteiger partial charge on any atom is 0.147 e. The second-order valence-corrected chi connectivity index (χ2v) is 3.40. The molecule has 3 heteroatoms. The molecule has 2 aromatic rings. The van der Waals surface area contributed by atoms with E-state index in [9.17, 15) is 4.39 Å². The Kier molecular flexibility index (Phi) is 2.25. The van der Waals surface area contributed by atoms with Crippen LogP contribution in [0.5, 0.6) is 0 Å². The number of fused-ring (bicyclic) bond motifs is 1. The number of aryl methyl sites for hydroxylation is 1. The summed E-state index contributed by atoms with van der Waals surface area (Å²) in [5.74, 6) is -0.177.